The molecule has 1 aromatic heterocycles. The highest BCUT2D eigenvalue weighted by molar-refractivity contribution is 5.95. The van der Waals surface area contributed by atoms with Crippen molar-refractivity contribution in [3.05, 3.63) is 63.5 Å². The van der Waals surface area contributed by atoms with E-state index in [1.165, 1.54) is 6.07 Å². The number of imidazole rings is 1. The maximum absolute atomic E-state index is 12.5. The van der Waals surface area contributed by atoms with Gasteiger partial charge in [-0.1, -0.05) is 6.07 Å². The van der Waals surface area contributed by atoms with Crippen LogP contribution in [0.15, 0.2) is 36.4 Å². The van der Waals surface area contributed by atoms with Crippen molar-refractivity contribution in [3.63, 3.8) is 0 Å². The summed E-state index contributed by atoms with van der Waals surface area (Å²) in [6.45, 7) is 4.41. The Bertz CT molecular complexity index is 1070. The van der Waals surface area contributed by atoms with E-state index in [0.717, 1.165) is 16.6 Å². The molecule has 0 unspecified atom stereocenters. The fraction of sp³-hybridized carbons (Fsp3) is 0.300. The summed E-state index contributed by atoms with van der Waals surface area (Å²) in [5.74, 6) is 0.233. The Hall–Kier alpha value is -3.46. The number of aromatic amines is 1. The summed E-state index contributed by atoms with van der Waals surface area (Å²) in [5.41, 5.74) is 3.50. The van der Waals surface area contributed by atoms with Gasteiger partial charge in [0.1, 0.15) is 11.5 Å². The zero-order valence-electron chi connectivity index (χ0n) is 16.0. The lowest BCUT2D eigenvalue weighted by Crippen LogP contribution is -2.36. The van der Waals surface area contributed by atoms with E-state index in [1.54, 1.807) is 12.1 Å². The van der Waals surface area contributed by atoms with Crippen LogP contribution in [0, 0.1) is 17.0 Å². The Morgan fingerprint density at radius 1 is 1.28 bits per heavy atom. The summed E-state index contributed by atoms with van der Waals surface area (Å²) in [7, 11) is 0. The quantitative estimate of drug-likeness (QED) is 0.507. The Kier molecular flexibility index (Phi) is 5.13. The number of aryl methyl sites for hydroxylation is 1. The van der Waals surface area contributed by atoms with Gasteiger partial charge in [0.05, 0.1) is 35.7 Å². The van der Waals surface area contributed by atoms with E-state index in [4.69, 9.17) is 4.74 Å². The number of carbonyl (C=O) groups excluding carboxylic acids is 1. The number of nitrogens with zero attached hydrogens (tertiary/aromatic N) is 3. The largest absolute Gasteiger partial charge is 0.378 e. The monoisotopic (exact) mass is 395 g/mol. The molecule has 1 aliphatic heterocycles. The van der Waals surface area contributed by atoms with Crippen LogP contribution in [0.5, 0.6) is 0 Å². The fourth-order valence-electron chi connectivity index (χ4n) is 3.41. The first-order valence-electron chi connectivity index (χ1n) is 9.36. The SMILES string of the molecule is Cc1ccc2nc(CNC(=O)c3ccc(N4CCOCC4)c([N+](=O)[O-])c3)[nH]c2c1. The number of benzene rings is 2. The van der Waals surface area contributed by atoms with Crippen LogP contribution in [-0.4, -0.2) is 47.1 Å². The van der Waals surface area contributed by atoms with E-state index in [-0.39, 0.29) is 17.8 Å². The van der Waals surface area contributed by atoms with E-state index in [9.17, 15) is 14.9 Å². The van der Waals surface area contributed by atoms with E-state index < -0.39 is 10.8 Å². The van der Waals surface area contributed by atoms with Crippen molar-refractivity contribution in [1.29, 1.82) is 0 Å². The number of H-pyrrole nitrogens is 1. The third-order valence-electron chi connectivity index (χ3n) is 4.89. The average Bonchev–Trinajstić information content (AvgIpc) is 3.14. The third kappa shape index (κ3) is 4.04. The van der Waals surface area contributed by atoms with Gasteiger partial charge in [0.2, 0.25) is 0 Å². The second kappa shape index (κ2) is 7.88. The third-order valence-corrected chi connectivity index (χ3v) is 4.89. The number of nitrogens with one attached hydrogen (secondary N) is 2. The number of aromatic nitrogens is 2. The summed E-state index contributed by atoms with van der Waals surface area (Å²) in [5, 5.41) is 14.3. The number of anilines is 1. The minimum Gasteiger partial charge on any atom is -0.378 e. The number of nitro groups is 1. The van der Waals surface area contributed by atoms with Crippen LogP contribution in [0.2, 0.25) is 0 Å². The lowest BCUT2D eigenvalue weighted by atomic mass is 10.1. The molecule has 0 spiro atoms. The Morgan fingerprint density at radius 3 is 2.83 bits per heavy atom. The lowest BCUT2D eigenvalue weighted by Gasteiger charge is -2.28. The Labute approximate surface area is 166 Å². The molecule has 29 heavy (non-hydrogen) atoms. The van der Waals surface area contributed by atoms with Crippen LogP contribution in [0.3, 0.4) is 0 Å². The molecule has 4 rings (SSSR count). The first-order chi connectivity index (χ1) is 14.0. The van der Waals surface area contributed by atoms with Crippen molar-refractivity contribution in [2.45, 2.75) is 13.5 Å². The number of morpholine rings is 1. The predicted molar refractivity (Wildman–Crippen MR) is 108 cm³/mol. The lowest BCUT2D eigenvalue weighted by molar-refractivity contribution is -0.384. The predicted octanol–water partition coefficient (Wildman–Crippen LogP) is 2.55. The molecule has 3 aromatic rings. The van der Waals surface area contributed by atoms with Crippen LogP contribution in [0.4, 0.5) is 11.4 Å². The van der Waals surface area contributed by atoms with Gasteiger partial charge in [-0.05, 0) is 36.8 Å². The zero-order valence-corrected chi connectivity index (χ0v) is 16.0. The maximum Gasteiger partial charge on any atom is 0.293 e. The Balaban J connectivity index is 1.50. The molecule has 0 aliphatic carbocycles. The van der Waals surface area contributed by atoms with Crippen molar-refractivity contribution in [3.8, 4) is 0 Å². The molecule has 1 amide bonds. The van der Waals surface area contributed by atoms with Gasteiger partial charge >= 0.3 is 0 Å². The van der Waals surface area contributed by atoms with Crippen LogP contribution in [-0.2, 0) is 11.3 Å². The summed E-state index contributed by atoms with van der Waals surface area (Å²) in [6.07, 6.45) is 0. The highest BCUT2D eigenvalue weighted by Gasteiger charge is 2.23. The molecule has 0 saturated carbocycles. The molecular formula is C20H21N5O4. The number of hydrogen-bond donors (Lipinski definition) is 2. The summed E-state index contributed by atoms with van der Waals surface area (Å²) < 4.78 is 5.30. The summed E-state index contributed by atoms with van der Waals surface area (Å²) in [4.78, 5) is 33.2. The van der Waals surface area contributed by atoms with Crippen molar-refractivity contribution in [2.24, 2.45) is 0 Å². The zero-order chi connectivity index (χ0) is 20.4. The highest BCUT2D eigenvalue weighted by Crippen LogP contribution is 2.30. The van der Waals surface area contributed by atoms with E-state index in [1.807, 2.05) is 30.0 Å². The van der Waals surface area contributed by atoms with Crippen molar-refractivity contribution >= 4 is 28.3 Å². The summed E-state index contributed by atoms with van der Waals surface area (Å²) >= 11 is 0. The maximum atomic E-state index is 12.5. The molecule has 2 heterocycles. The number of nitro benzene ring substituents is 1. The number of fused-ring (bicyclic) bond motifs is 1. The number of ether oxygens (including phenoxy) is 1. The van der Waals surface area contributed by atoms with Crippen LogP contribution < -0.4 is 10.2 Å². The normalized spacial score (nSPS) is 14.2. The van der Waals surface area contributed by atoms with Crippen LogP contribution in [0.25, 0.3) is 11.0 Å². The standard InChI is InChI=1S/C20H21N5O4/c1-13-2-4-15-16(10-13)23-19(22-15)12-21-20(26)14-3-5-17(18(11-14)25(27)28)24-6-8-29-9-7-24/h2-5,10-11H,6-9,12H2,1H3,(H,21,26)(H,22,23). The van der Waals surface area contributed by atoms with Crippen LogP contribution >= 0.6 is 0 Å². The van der Waals surface area contributed by atoms with Crippen LogP contribution in [0.1, 0.15) is 21.7 Å². The molecular weight excluding hydrogens is 374 g/mol. The van der Waals surface area contributed by atoms with Gasteiger partial charge in [0, 0.05) is 24.7 Å². The van der Waals surface area contributed by atoms with E-state index in [0.29, 0.717) is 37.8 Å². The molecule has 0 bridgehead atoms. The molecule has 1 saturated heterocycles. The van der Waals surface area contributed by atoms with Gasteiger partial charge in [0.15, 0.2) is 0 Å². The summed E-state index contributed by atoms with van der Waals surface area (Å²) in [6, 6.07) is 10.4. The van der Waals surface area contributed by atoms with Gasteiger partial charge in [-0.3, -0.25) is 14.9 Å². The molecule has 2 aromatic carbocycles. The molecule has 150 valence electrons. The number of amides is 1. The smallest absolute Gasteiger partial charge is 0.293 e. The van der Waals surface area contributed by atoms with Crippen molar-refractivity contribution in [2.75, 3.05) is 31.2 Å². The van der Waals surface area contributed by atoms with E-state index in [2.05, 4.69) is 15.3 Å². The number of rotatable bonds is 5. The molecule has 0 atom stereocenters. The van der Waals surface area contributed by atoms with Gasteiger partial charge in [-0.15, -0.1) is 0 Å². The minimum atomic E-state index is -0.455. The molecule has 0 radical (unpaired) electrons. The number of hydrogen-bond acceptors (Lipinski definition) is 6. The number of carbonyl (C=O) groups is 1. The molecule has 9 heteroatoms. The molecule has 9 nitrogen and oxygen atoms in total. The fourth-order valence-corrected chi connectivity index (χ4v) is 3.41. The van der Waals surface area contributed by atoms with E-state index >= 15 is 0 Å². The topological polar surface area (TPSA) is 113 Å². The first-order valence-corrected chi connectivity index (χ1v) is 9.36. The van der Waals surface area contributed by atoms with Gasteiger partial charge in [0.25, 0.3) is 11.6 Å². The van der Waals surface area contributed by atoms with Gasteiger partial charge < -0.3 is 19.9 Å². The molecule has 1 fully saturated rings. The second-order valence-corrected chi connectivity index (χ2v) is 6.95. The second-order valence-electron chi connectivity index (χ2n) is 6.95. The highest BCUT2D eigenvalue weighted by atomic mass is 16.6. The first kappa shape index (κ1) is 18.9. The minimum absolute atomic E-state index is 0.0845. The van der Waals surface area contributed by atoms with Crippen molar-refractivity contribution in [1.82, 2.24) is 15.3 Å². The van der Waals surface area contributed by atoms with Crippen molar-refractivity contribution < 1.29 is 14.5 Å². The molecule has 1 aliphatic rings. The average molecular weight is 395 g/mol. The molecule has 2 N–H and O–H groups in total. The van der Waals surface area contributed by atoms with Gasteiger partial charge in [-0.2, -0.15) is 0 Å². The Morgan fingerprint density at radius 2 is 2.07 bits per heavy atom. The van der Waals surface area contributed by atoms with Gasteiger partial charge in [-0.25, -0.2) is 4.98 Å².